The minimum absolute atomic E-state index is 0.462. The monoisotopic (exact) mass is 276 g/mol. The van der Waals surface area contributed by atoms with Crippen molar-refractivity contribution in [1.29, 1.82) is 0 Å². The zero-order valence-electron chi connectivity index (χ0n) is 6.50. The number of hydrogen-bond donors (Lipinski definition) is 0. The summed E-state index contributed by atoms with van der Waals surface area (Å²) >= 11 is 2.25. The molecule has 12 heavy (non-hydrogen) atoms. The molecule has 0 atom stereocenters. The summed E-state index contributed by atoms with van der Waals surface area (Å²) in [7, 11) is 0. The highest BCUT2D eigenvalue weighted by Crippen LogP contribution is 2.06. The van der Waals surface area contributed by atoms with E-state index < -0.39 is 0 Å². The van der Waals surface area contributed by atoms with Gasteiger partial charge in [0, 0.05) is 9.99 Å². The maximum Gasteiger partial charge on any atom is 0.293 e. The summed E-state index contributed by atoms with van der Waals surface area (Å²) < 4.78 is 5.80. The van der Waals surface area contributed by atoms with E-state index in [0.717, 1.165) is 6.42 Å². The Bertz CT molecular complexity index is 243. The second-order valence-corrected chi connectivity index (χ2v) is 3.59. The largest absolute Gasteiger partial charge is 0.468 e. The van der Waals surface area contributed by atoms with Gasteiger partial charge in [-0.2, -0.15) is 0 Å². The number of carbonyl (C=O) groups excluding carboxylic acids is 1. The molecule has 0 aliphatic heterocycles. The average Bonchev–Trinajstić information content (AvgIpc) is 2.09. The van der Waals surface area contributed by atoms with Gasteiger partial charge in [0.15, 0.2) is 0 Å². The van der Waals surface area contributed by atoms with Crippen LogP contribution in [0.3, 0.4) is 0 Å². The summed E-state index contributed by atoms with van der Waals surface area (Å²) in [6.07, 6.45) is 0.787. The summed E-state index contributed by atoms with van der Waals surface area (Å²) in [4.78, 5) is 9.83. The topological polar surface area (TPSA) is 26.3 Å². The van der Waals surface area contributed by atoms with Crippen molar-refractivity contribution in [2.75, 3.05) is 6.61 Å². The molecule has 1 aromatic carbocycles. The van der Waals surface area contributed by atoms with Crippen LogP contribution in [0.2, 0.25) is 0 Å². The molecule has 0 aliphatic rings. The van der Waals surface area contributed by atoms with Gasteiger partial charge in [0.1, 0.15) is 0 Å². The molecule has 0 aromatic heterocycles. The second kappa shape index (κ2) is 5.13. The molecule has 0 saturated carbocycles. The Morgan fingerprint density at radius 1 is 1.33 bits per heavy atom. The number of halogens is 1. The van der Waals surface area contributed by atoms with Crippen LogP contribution < -0.4 is 0 Å². The van der Waals surface area contributed by atoms with Crippen LogP contribution in [0.1, 0.15) is 5.56 Å². The second-order valence-electron chi connectivity index (χ2n) is 2.34. The molecule has 3 heteroatoms. The predicted octanol–water partition coefficient (Wildman–Crippen LogP) is 2.01. The minimum atomic E-state index is 0.462. The van der Waals surface area contributed by atoms with Crippen molar-refractivity contribution in [2.24, 2.45) is 0 Å². The maximum atomic E-state index is 9.83. The number of carbonyl (C=O) groups is 1. The molecule has 1 aromatic rings. The third kappa shape index (κ3) is 3.21. The molecular formula is C9H9IO2. The first-order valence-corrected chi connectivity index (χ1v) is 4.70. The quantitative estimate of drug-likeness (QED) is 0.477. The molecule has 2 nitrogen and oxygen atoms in total. The van der Waals surface area contributed by atoms with Gasteiger partial charge >= 0.3 is 0 Å². The SMILES string of the molecule is O=COCCc1ccc(I)cc1. The van der Waals surface area contributed by atoms with Crippen LogP contribution >= 0.6 is 22.6 Å². The molecule has 1 rings (SSSR count). The van der Waals surface area contributed by atoms with Crippen molar-refractivity contribution in [2.45, 2.75) is 6.42 Å². The Hall–Kier alpha value is -0.580. The molecule has 0 spiro atoms. The molecule has 0 saturated heterocycles. The van der Waals surface area contributed by atoms with Crippen molar-refractivity contribution in [3.05, 3.63) is 33.4 Å². The van der Waals surface area contributed by atoms with Crippen LogP contribution in [-0.4, -0.2) is 13.1 Å². The van der Waals surface area contributed by atoms with Gasteiger partial charge in [0.25, 0.3) is 6.47 Å². The fourth-order valence-corrected chi connectivity index (χ4v) is 1.24. The number of ether oxygens (including phenoxy) is 1. The van der Waals surface area contributed by atoms with Crippen molar-refractivity contribution in [3.8, 4) is 0 Å². The lowest BCUT2D eigenvalue weighted by atomic mass is 10.2. The number of hydrogen-bond acceptors (Lipinski definition) is 2. The highest BCUT2D eigenvalue weighted by molar-refractivity contribution is 14.1. The summed E-state index contributed by atoms with van der Waals surface area (Å²) in [5.41, 5.74) is 1.19. The molecule has 0 fully saturated rings. The molecule has 0 bridgehead atoms. The highest BCUT2D eigenvalue weighted by atomic mass is 127. The molecule has 0 amide bonds. The van der Waals surface area contributed by atoms with E-state index >= 15 is 0 Å². The van der Waals surface area contributed by atoms with Gasteiger partial charge < -0.3 is 4.74 Å². The summed E-state index contributed by atoms with van der Waals surface area (Å²) in [6, 6.07) is 8.15. The van der Waals surface area contributed by atoms with Crippen LogP contribution in [0.5, 0.6) is 0 Å². The molecule has 0 N–H and O–H groups in total. The van der Waals surface area contributed by atoms with Crippen LogP contribution in [0, 0.1) is 3.57 Å². The van der Waals surface area contributed by atoms with Gasteiger partial charge in [0.2, 0.25) is 0 Å². The summed E-state index contributed by atoms with van der Waals surface area (Å²) in [5.74, 6) is 0. The van der Waals surface area contributed by atoms with Crippen LogP contribution in [0.4, 0.5) is 0 Å². The average molecular weight is 276 g/mol. The lowest BCUT2D eigenvalue weighted by molar-refractivity contribution is -0.128. The van der Waals surface area contributed by atoms with E-state index in [1.165, 1.54) is 9.13 Å². The standard InChI is InChI=1S/C9H9IO2/c10-9-3-1-8(2-4-9)5-6-12-7-11/h1-4,7H,5-6H2. The van der Waals surface area contributed by atoms with E-state index in [-0.39, 0.29) is 0 Å². The Morgan fingerprint density at radius 3 is 2.58 bits per heavy atom. The maximum absolute atomic E-state index is 9.83. The third-order valence-corrected chi connectivity index (χ3v) is 2.21. The number of rotatable bonds is 4. The van der Waals surface area contributed by atoms with Gasteiger partial charge in [-0.05, 0) is 40.3 Å². The smallest absolute Gasteiger partial charge is 0.293 e. The molecule has 64 valence electrons. The first kappa shape index (κ1) is 9.51. The normalized spacial score (nSPS) is 9.42. The van der Waals surface area contributed by atoms with Gasteiger partial charge in [0.05, 0.1) is 6.61 Å². The lowest BCUT2D eigenvalue weighted by Gasteiger charge is -1.99. The number of benzene rings is 1. The molecule has 0 aliphatic carbocycles. The Labute approximate surface area is 85.1 Å². The molecule has 0 heterocycles. The highest BCUT2D eigenvalue weighted by Gasteiger charge is 1.92. The molecule has 0 unspecified atom stereocenters. The molecule has 0 radical (unpaired) electrons. The van der Waals surface area contributed by atoms with E-state index in [4.69, 9.17) is 0 Å². The first-order chi connectivity index (χ1) is 5.83. The molecular weight excluding hydrogens is 267 g/mol. The van der Waals surface area contributed by atoms with Crippen molar-refractivity contribution >= 4 is 29.1 Å². The van der Waals surface area contributed by atoms with Gasteiger partial charge in [-0.15, -0.1) is 0 Å². The third-order valence-electron chi connectivity index (χ3n) is 1.49. The summed E-state index contributed by atoms with van der Waals surface area (Å²) in [5, 5.41) is 0. The van der Waals surface area contributed by atoms with E-state index in [1.807, 2.05) is 24.3 Å². The van der Waals surface area contributed by atoms with Crippen molar-refractivity contribution in [3.63, 3.8) is 0 Å². The minimum Gasteiger partial charge on any atom is -0.468 e. The zero-order valence-corrected chi connectivity index (χ0v) is 8.65. The van der Waals surface area contributed by atoms with Gasteiger partial charge in [-0.1, -0.05) is 12.1 Å². The summed E-state index contributed by atoms with van der Waals surface area (Å²) in [6.45, 7) is 0.941. The van der Waals surface area contributed by atoms with Crippen LogP contribution in [-0.2, 0) is 16.0 Å². The van der Waals surface area contributed by atoms with E-state index in [2.05, 4.69) is 27.3 Å². The Balaban J connectivity index is 2.42. The van der Waals surface area contributed by atoms with Crippen molar-refractivity contribution < 1.29 is 9.53 Å². The van der Waals surface area contributed by atoms with Gasteiger partial charge in [-0.3, -0.25) is 4.79 Å². The Morgan fingerprint density at radius 2 is 2.00 bits per heavy atom. The fraction of sp³-hybridized carbons (Fsp3) is 0.222. The fourth-order valence-electron chi connectivity index (χ4n) is 0.876. The Kier molecular flexibility index (Phi) is 4.07. The first-order valence-electron chi connectivity index (χ1n) is 3.62. The predicted molar refractivity (Wildman–Crippen MR) is 54.9 cm³/mol. The van der Waals surface area contributed by atoms with Gasteiger partial charge in [-0.25, -0.2) is 0 Å². The lowest BCUT2D eigenvalue weighted by Crippen LogP contribution is -1.96. The zero-order chi connectivity index (χ0) is 8.81. The van der Waals surface area contributed by atoms with Crippen LogP contribution in [0.25, 0.3) is 0 Å². The van der Waals surface area contributed by atoms with Crippen LogP contribution in [0.15, 0.2) is 24.3 Å². The van der Waals surface area contributed by atoms with E-state index in [1.54, 1.807) is 0 Å². The van der Waals surface area contributed by atoms with E-state index in [9.17, 15) is 4.79 Å². The van der Waals surface area contributed by atoms with E-state index in [0.29, 0.717) is 13.1 Å². The van der Waals surface area contributed by atoms with Crippen molar-refractivity contribution in [1.82, 2.24) is 0 Å².